The molecule has 0 aliphatic carbocycles. The molecule has 110 valence electrons. The zero-order chi connectivity index (χ0) is 14.9. The number of nitrogens with zero attached hydrogens (tertiary/aromatic N) is 2. The van der Waals surface area contributed by atoms with Crippen molar-refractivity contribution < 1.29 is 8.42 Å². The van der Waals surface area contributed by atoms with E-state index in [1.807, 2.05) is 14.0 Å². The lowest BCUT2D eigenvalue weighted by atomic mass is 10.2. The average molecular weight is 313 g/mol. The molecule has 0 aromatic heterocycles. The van der Waals surface area contributed by atoms with Gasteiger partial charge in [-0.3, -0.25) is 0 Å². The second kappa shape index (κ2) is 5.77. The molecule has 1 aliphatic rings. The van der Waals surface area contributed by atoms with E-state index in [9.17, 15) is 8.42 Å². The third-order valence-corrected chi connectivity index (χ3v) is 5.84. The summed E-state index contributed by atoms with van der Waals surface area (Å²) in [5.74, 6) is 0. The Bertz CT molecular complexity index is 616. The molecule has 0 bridgehead atoms. The first kappa shape index (κ1) is 15.4. The van der Waals surface area contributed by atoms with Crippen molar-refractivity contribution in [3.8, 4) is 0 Å². The highest BCUT2D eigenvalue weighted by Crippen LogP contribution is 2.22. The Labute approximate surface area is 125 Å². The maximum absolute atomic E-state index is 12.8. The lowest BCUT2D eigenvalue weighted by Crippen LogP contribution is -2.52. The highest BCUT2D eigenvalue weighted by atomic mass is 32.2. The molecule has 0 saturated carbocycles. The molecule has 1 unspecified atom stereocenters. The van der Waals surface area contributed by atoms with Crippen LogP contribution in [0.4, 0.5) is 0 Å². The quantitative estimate of drug-likeness (QED) is 0.830. The molecule has 5 nitrogen and oxygen atoms in total. The number of hydrogen-bond acceptors (Lipinski definition) is 4. The molecule has 1 aromatic rings. The molecule has 0 spiro atoms. The molecule has 1 aromatic carbocycles. The third kappa shape index (κ3) is 2.85. The molecule has 0 amide bonds. The van der Waals surface area contributed by atoms with Crippen LogP contribution in [0.3, 0.4) is 0 Å². The zero-order valence-corrected chi connectivity index (χ0v) is 13.2. The number of nitrogens with two attached hydrogens (primary N) is 1. The fraction of sp³-hybridized carbons (Fsp3) is 0.462. The normalized spacial score (nSPS) is 21.8. The van der Waals surface area contributed by atoms with E-state index in [0.29, 0.717) is 18.7 Å². The maximum Gasteiger partial charge on any atom is 0.243 e. The number of thiocarbonyl (C=S) groups is 1. The maximum atomic E-state index is 12.8. The Morgan fingerprint density at radius 1 is 1.35 bits per heavy atom. The highest BCUT2D eigenvalue weighted by Gasteiger charge is 2.32. The topological polar surface area (TPSA) is 66.6 Å². The molecule has 0 radical (unpaired) electrons. The largest absolute Gasteiger partial charge is 0.389 e. The second-order valence-electron chi connectivity index (χ2n) is 5.05. The molecule has 1 saturated heterocycles. The monoisotopic (exact) mass is 313 g/mol. The van der Waals surface area contributed by atoms with Crippen molar-refractivity contribution in [2.45, 2.75) is 17.9 Å². The third-order valence-electron chi connectivity index (χ3n) is 3.69. The van der Waals surface area contributed by atoms with Gasteiger partial charge in [-0.05, 0) is 20.0 Å². The van der Waals surface area contributed by atoms with Gasteiger partial charge in [0.15, 0.2) is 0 Å². The van der Waals surface area contributed by atoms with Gasteiger partial charge in [0.25, 0.3) is 0 Å². The van der Waals surface area contributed by atoms with E-state index >= 15 is 0 Å². The van der Waals surface area contributed by atoms with Crippen LogP contribution in [-0.2, 0) is 10.0 Å². The summed E-state index contributed by atoms with van der Waals surface area (Å²) in [5.41, 5.74) is 6.04. The van der Waals surface area contributed by atoms with Crippen LogP contribution in [0, 0.1) is 0 Å². The minimum Gasteiger partial charge on any atom is -0.389 e. The molecule has 1 heterocycles. The molecule has 20 heavy (non-hydrogen) atoms. The van der Waals surface area contributed by atoms with Gasteiger partial charge in [0.05, 0.1) is 4.90 Å². The summed E-state index contributed by atoms with van der Waals surface area (Å²) in [6.45, 7) is 3.69. The van der Waals surface area contributed by atoms with Gasteiger partial charge in [-0.1, -0.05) is 30.4 Å². The summed E-state index contributed by atoms with van der Waals surface area (Å²) in [6, 6.07) is 6.83. The minimum absolute atomic E-state index is 0.103. The summed E-state index contributed by atoms with van der Waals surface area (Å²) < 4.78 is 27.0. The van der Waals surface area contributed by atoms with Crippen molar-refractivity contribution in [3.63, 3.8) is 0 Å². The van der Waals surface area contributed by atoms with Crippen molar-refractivity contribution >= 4 is 27.2 Å². The van der Waals surface area contributed by atoms with Crippen LogP contribution < -0.4 is 5.73 Å². The first-order chi connectivity index (χ1) is 9.34. The molecular weight excluding hydrogens is 294 g/mol. The Balaban J connectivity index is 2.39. The predicted octanol–water partition coefficient (Wildman–Crippen LogP) is 0.645. The van der Waals surface area contributed by atoms with Gasteiger partial charge in [-0.2, -0.15) is 4.31 Å². The van der Waals surface area contributed by atoms with Crippen molar-refractivity contribution in [2.75, 3.05) is 26.7 Å². The standard InChI is InChI=1S/C13H19N3O2S2/c1-10-9-16(8-7-15(10)2)20(17,18)12-6-4-3-5-11(12)13(14)19/h3-6,10H,7-9H2,1-2H3,(H2,14,19). The van der Waals surface area contributed by atoms with E-state index in [-0.39, 0.29) is 15.9 Å². The number of hydrogen-bond donors (Lipinski definition) is 1. The molecular formula is C13H19N3O2S2. The number of rotatable bonds is 3. The summed E-state index contributed by atoms with van der Waals surface area (Å²) in [5, 5.41) is 0. The summed E-state index contributed by atoms with van der Waals surface area (Å²) in [7, 11) is -1.56. The Hall–Kier alpha value is -1.02. The van der Waals surface area contributed by atoms with Crippen LogP contribution in [0.2, 0.25) is 0 Å². The number of benzene rings is 1. The minimum atomic E-state index is -3.55. The van der Waals surface area contributed by atoms with E-state index in [2.05, 4.69) is 4.90 Å². The van der Waals surface area contributed by atoms with E-state index in [4.69, 9.17) is 18.0 Å². The molecule has 2 rings (SSSR count). The first-order valence-electron chi connectivity index (χ1n) is 6.43. The van der Waals surface area contributed by atoms with Crippen LogP contribution in [0.1, 0.15) is 12.5 Å². The van der Waals surface area contributed by atoms with Crippen LogP contribution in [0.25, 0.3) is 0 Å². The van der Waals surface area contributed by atoms with Gasteiger partial charge in [-0.25, -0.2) is 8.42 Å². The van der Waals surface area contributed by atoms with Crippen molar-refractivity contribution in [1.82, 2.24) is 9.21 Å². The molecule has 1 atom stereocenters. The van der Waals surface area contributed by atoms with Crippen LogP contribution in [-0.4, -0.2) is 55.3 Å². The Morgan fingerprint density at radius 2 is 2.00 bits per heavy atom. The van der Waals surface area contributed by atoms with E-state index in [1.165, 1.54) is 4.31 Å². The number of piperazine rings is 1. The molecule has 7 heteroatoms. The summed E-state index contributed by atoms with van der Waals surface area (Å²) in [6.07, 6.45) is 0. The molecule has 1 fully saturated rings. The van der Waals surface area contributed by atoms with Gasteiger partial charge in [-0.15, -0.1) is 0 Å². The van der Waals surface area contributed by atoms with Gasteiger partial charge < -0.3 is 10.6 Å². The van der Waals surface area contributed by atoms with E-state index < -0.39 is 10.0 Å². The van der Waals surface area contributed by atoms with E-state index in [0.717, 1.165) is 6.54 Å². The van der Waals surface area contributed by atoms with Crippen molar-refractivity contribution in [1.29, 1.82) is 0 Å². The molecule has 1 aliphatic heterocycles. The smallest absolute Gasteiger partial charge is 0.243 e. The number of likely N-dealkylation sites (N-methyl/N-ethyl adjacent to an activating group) is 1. The molecule has 2 N–H and O–H groups in total. The van der Waals surface area contributed by atoms with Crippen molar-refractivity contribution in [3.05, 3.63) is 29.8 Å². The van der Waals surface area contributed by atoms with Gasteiger partial charge in [0.2, 0.25) is 10.0 Å². The SMILES string of the molecule is CC1CN(S(=O)(=O)c2ccccc2C(N)=S)CCN1C. The highest BCUT2D eigenvalue weighted by molar-refractivity contribution is 7.89. The Kier molecular flexibility index (Phi) is 4.43. The van der Waals surface area contributed by atoms with Gasteiger partial charge >= 0.3 is 0 Å². The first-order valence-corrected chi connectivity index (χ1v) is 8.28. The average Bonchev–Trinajstić information content (AvgIpc) is 2.41. The van der Waals surface area contributed by atoms with Gasteiger partial charge in [0.1, 0.15) is 4.99 Å². The summed E-state index contributed by atoms with van der Waals surface area (Å²) >= 11 is 4.95. The van der Waals surface area contributed by atoms with E-state index in [1.54, 1.807) is 24.3 Å². The number of sulfonamides is 1. The van der Waals surface area contributed by atoms with Crippen molar-refractivity contribution in [2.24, 2.45) is 5.73 Å². The fourth-order valence-electron chi connectivity index (χ4n) is 2.27. The van der Waals surface area contributed by atoms with Crippen LogP contribution >= 0.6 is 12.2 Å². The van der Waals surface area contributed by atoms with Crippen LogP contribution in [0.15, 0.2) is 29.2 Å². The zero-order valence-electron chi connectivity index (χ0n) is 11.6. The lowest BCUT2D eigenvalue weighted by Gasteiger charge is -2.37. The lowest BCUT2D eigenvalue weighted by molar-refractivity contribution is 0.159. The summed E-state index contributed by atoms with van der Waals surface area (Å²) in [4.78, 5) is 2.45. The van der Waals surface area contributed by atoms with Gasteiger partial charge in [0, 0.05) is 31.2 Å². The Morgan fingerprint density at radius 3 is 2.60 bits per heavy atom. The second-order valence-corrected chi connectivity index (χ2v) is 7.40. The van der Waals surface area contributed by atoms with Crippen LogP contribution in [0.5, 0.6) is 0 Å². The fourth-order valence-corrected chi connectivity index (χ4v) is 4.23. The predicted molar refractivity (Wildman–Crippen MR) is 83.2 cm³/mol.